The highest BCUT2D eigenvalue weighted by molar-refractivity contribution is 5.95. The van der Waals surface area contributed by atoms with Gasteiger partial charge in [-0.15, -0.1) is 0 Å². The predicted molar refractivity (Wildman–Crippen MR) is 123 cm³/mol. The van der Waals surface area contributed by atoms with Crippen molar-refractivity contribution in [3.63, 3.8) is 0 Å². The molecule has 3 rings (SSSR count). The molecule has 2 aromatic carbocycles. The van der Waals surface area contributed by atoms with Crippen molar-refractivity contribution in [2.24, 2.45) is 5.73 Å². The Bertz CT molecular complexity index is 987. The minimum atomic E-state index is -0.388. The molecule has 0 unspecified atom stereocenters. The summed E-state index contributed by atoms with van der Waals surface area (Å²) in [4.78, 5) is 12.0. The van der Waals surface area contributed by atoms with Crippen LogP contribution in [0.4, 0.5) is 0 Å². The lowest BCUT2D eigenvalue weighted by atomic mass is 10.0. The molecular formula is C26H32N2O2. The number of para-hydroxylation sites is 1. The number of carbonyl (C=O) groups is 1. The summed E-state index contributed by atoms with van der Waals surface area (Å²) in [6.07, 6.45) is 5.62. The van der Waals surface area contributed by atoms with Crippen molar-refractivity contribution in [3.05, 3.63) is 77.0 Å². The molecule has 0 fully saturated rings. The molecule has 0 aliphatic heterocycles. The van der Waals surface area contributed by atoms with Crippen LogP contribution in [-0.4, -0.2) is 17.6 Å². The van der Waals surface area contributed by atoms with Gasteiger partial charge in [-0.3, -0.25) is 4.79 Å². The first-order valence-corrected chi connectivity index (χ1v) is 10.8. The number of primary amides is 1. The lowest BCUT2D eigenvalue weighted by Crippen LogP contribution is -2.13. The van der Waals surface area contributed by atoms with Crippen LogP contribution in [0.2, 0.25) is 0 Å². The predicted octanol–water partition coefficient (Wildman–Crippen LogP) is 5.55. The highest BCUT2D eigenvalue weighted by Gasteiger charge is 2.17. The number of nitrogens with zero attached hydrogens (tertiary/aromatic N) is 1. The van der Waals surface area contributed by atoms with E-state index in [1.165, 1.54) is 24.8 Å². The number of unbranched alkanes of at least 4 members (excludes halogenated alkanes) is 2. The zero-order valence-electron chi connectivity index (χ0n) is 18.3. The number of rotatable bonds is 10. The Hall–Kier alpha value is -3.01. The zero-order chi connectivity index (χ0) is 21.5. The summed E-state index contributed by atoms with van der Waals surface area (Å²) in [7, 11) is 1.69. The maximum atomic E-state index is 12.0. The molecule has 0 atom stereocenters. The molecule has 158 valence electrons. The molecule has 2 N–H and O–H groups in total. The average molecular weight is 405 g/mol. The number of methoxy groups -OCH3 is 1. The van der Waals surface area contributed by atoms with Crippen molar-refractivity contribution in [1.29, 1.82) is 0 Å². The van der Waals surface area contributed by atoms with E-state index >= 15 is 0 Å². The molecule has 4 nitrogen and oxygen atoms in total. The van der Waals surface area contributed by atoms with E-state index in [2.05, 4.69) is 41.8 Å². The van der Waals surface area contributed by atoms with E-state index < -0.39 is 0 Å². The minimum Gasteiger partial charge on any atom is -0.496 e. The second kappa shape index (κ2) is 10.1. The van der Waals surface area contributed by atoms with Crippen LogP contribution in [0.25, 0.3) is 11.3 Å². The number of nitrogens with two attached hydrogens (primary N) is 1. The van der Waals surface area contributed by atoms with Gasteiger partial charge in [0.25, 0.3) is 5.91 Å². The number of hydrogen-bond acceptors (Lipinski definition) is 2. The van der Waals surface area contributed by atoms with Crippen LogP contribution in [0.3, 0.4) is 0 Å². The summed E-state index contributed by atoms with van der Waals surface area (Å²) in [6, 6.07) is 18.7. The molecular weight excluding hydrogens is 372 g/mol. The quantitative estimate of drug-likeness (QED) is 0.451. The van der Waals surface area contributed by atoms with Crippen LogP contribution >= 0.6 is 0 Å². The van der Waals surface area contributed by atoms with Gasteiger partial charge < -0.3 is 15.0 Å². The molecule has 0 bridgehead atoms. The maximum Gasteiger partial charge on any atom is 0.250 e. The smallest absolute Gasteiger partial charge is 0.250 e. The molecule has 4 heteroatoms. The number of amides is 1. The Balaban J connectivity index is 1.88. The van der Waals surface area contributed by atoms with Gasteiger partial charge in [-0.05, 0) is 55.0 Å². The molecule has 0 radical (unpaired) electrons. The lowest BCUT2D eigenvalue weighted by molar-refractivity contribution is 0.0999. The topological polar surface area (TPSA) is 57.2 Å². The van der Waals surface area contributed by atoms with Gasteiger partial charge in [0.1, 0.15) is 5.75 Å². The fourth-order valence-electron chi connectivity index (χ4n) is 3.98. The van der Waals surface area contributed by atoms with Crippen LogP contribution in [-0.2, 0) is 19.4 Å². The molecule has 3 aromatic rings. The number of hydrogen-bond donors (Lipinski definition) is 1. The first kappa shape index (κ1) is 21.7. The van der Waals surface area contributed by atoms with E-state index in [-0.39, 0.29) is 5.91 Å². The Kier molecular flexibility index (Phi) is 7.34. The summed E-state index contributed by atoms with van der Waals surface area (Å²) >= 11 is 0. The number of carbonyl (C=O) groups excluding carboxylic acids is 1. The molecule has 1 aromatic heterocycles. The second-order valence-corrected chi connectivity index (χ2v) is 7.76. The van der Waals surface area contributed by atoms with Crippen molar-refractivity contribution in [1.82, 2.24) is 4.57 Å². The highest BCUT2D eigenvalue weighted by atomic mass is 16.5. The molecule has 1 heterocycles. The van der Waals surface area contributed by atoms with Gasteiger partial charge in [0.05, 0.1) is 12.7 Å². The van der Waals surface area contributed by atoms with E-state index in [9.17, 15) is 4.79 Å². The molecule has 0 saturated carbocycles. The monoisotopic (exact) mass is 404 g/mol. The van der Waals surface area contributed by atoms with Crippen molar-refractivity contribution >= 4 is 5.91 Å². The van der Waals surface area contributed by atoms with Gasteiger partial charge in [-0.1, -0.05) is 62.2 Å². The van der Waals surface area contributed by atoms with Crippen molar-refractivity contribution in [2.45, 2.75) is 52.5 Å². The number of aryl methyl sites for hydroxylation is 2. The maximum absolute atomic E-state index is 12.0. The van der Waals surface area contributed by atoms with Crippen LogP contribution in [0.1, 0.15) is 53.4 Å². The third kappa shape index (κ3) is 4.93. The molecule has 0 aliphatic carbocycles. The van der Waals surface area contributed by atoms with E-state index in [0.29, 0.717) is 5.56 Å². The normalized spacial score (nSPS) is 10.9. The van der Waals surface area contributed by atoms with Crippen LogP contribution in [0, 0.1) is 6.92 Å². The van der Waals surface area contributed by atoms with Gasteiger partial charge in [0, 0.05) is 17.9 Å². The first-order chi connectivity index (χ1) is 14.5. The SMILES string of the molecule is CCCCCc1ccc(-c2cc(C(N)=O)c(C)n2CCc2ccccc2OC)cc1. The van der Waals surface area contributed by atoms with E-state index in [1.807, 2.05) is 31.2 Å². The van der Waals surface area contributed by atoms with Gasteiger partial charge >= 0.3 is 0 Å². The summed E-state index contributed by atoms with van der Waals surface area (Å²) in [5.74, 6) is 0.497. The molecule has 0 aliphatic rings. The number of ether oxygens (including phenoxy) is 1. The summed E-state index contributed by atoms with van der Waals surface area (Å²) in [5.41, 5.74) is 11.8. The minimum absolute atomic E-state index is 0.388. The number of aromatic nitrogens is 1. The highest BCUT2D eigenvalue weighted by Crippen LogP contribution is 2.28. The fraction of sp³-hybridized carbons (Fsp3) is 0.346. The Labute approximate surface area is 179 Å². The summed E-state index contributed by atoms with van der Waals surface area (Å²) in [5, 5.41) is 0. The van der Waals surface area contributed by atoms with Crippen molar-refractivity contribution < 1.29 is 9.53 Å². The molecule has 0 saturated heterocycles. The summed E-state index contributed by atoms with van der Waals surface area (Å²) in [6.45, 7) is 4.93. The first-order valence-electron chi connectivity index (χ1n) is 10.8. The van der Waals surface area contributed by atoms with Crippen molar-refractivity contribution in [2.75, 3.05) is 7.11 Å². The lowest BCUT2D eigenvalue weighted by Gasteiger charge is -2.14. The van der Waals surface area contributed by atoms with Gasteiger partial charge in [0.2, 0.25) is 0 Å². The standard InChI is InChI=1S/C26H32N2O2/c1-4-5-6-9-20-12-14-21(15-13-20)24-18-23(26(27)29)19(2)28(24)17-16-22-10-7-8-11-25(22)30-3/h7-8,10-15,18H,4-6,9,16-17H2,1-3H3,(H2,27,29). The number of benzene rings is 2. The van der Waals surface area contributed by atoms with Crippen LogP contribution in [0.5, 0.6) is 5.75 Å². The van der Waals surface area contributed by atoms with Gasteiger partial charge in [-0.2, -0.15) is 0 Å². The average Bonchev–Trinajstić information content (AvgIpc) is 3.09. The van der Waals surface area contributed by atoms with Crippen LogP contribution < -0.4 is 10.5 Å². The third-order valence-corrected chi connectivity index (χ3v) is 5.75. The largest absolute Gasteiger partial charge is 0.496 e. The van der Waals surface area contributed by atoms with Gasteiger partial charge in [-0.25, -0.2) is 0 Å². The Morgan fingerprint density at radius 1 is 1.03 bits per heavy atom. The van der Waals surface area contributed by atoms with E-state index in [0.717, 1.165) is 47.7 Å². The Morgan fingerprint density at radius 3 is 2.43 bits per heavy atom. The van der Waals surface area contributed by atoms with Gasteiger partial charge in [0.15, 0.2) is 0 Å². The molecule has 1 amide bonds. The second-order valence-electron chi connectivity index (χ2n) is 7.76. The van der Waals surface area contributed by atoms with E-state index in [1.54, 1.807) is 7.11 Å². The molecule has 30 heavy (non-hydrogen) atoms. The van der Waals surface area contributed by atoms with Crippen LogP contribution in [0.15, 0.2) is 54.6 Å². The van der Waals surface area contributed by atoms with Crippen molar-refractivity contribution in [3.8, 4) is 17.0 Å². The Morgan fingerprint density at radius 2 is 1.77 bits per heavy atom. The zero-order valence-corrected chi connectivity index (χ0v) is 18.3. The fourth-order valence-corrected chi connectivity index (χ4v) is 3.98. The van der Waals surface area contributed by atoms with E-state index in [4.69, 9.17) is 10.5 Å². The summed E-state index contributed by atoms with van der Waals surface area (Å²) < 4.78 is 7.69. The third-order valence-electron chi connectivity index (χ3n) is 5.75. The molecule has 0 spiro atoms.